The highest BCUT2D eigenvalue weighted by Crippen LogP contribution is 2.49. The second kappa shape index (κ2) is 4.89. The summed E-state index contributed by atoms with van der Waals surface area (Å²) in [6.45, 7) is 0. The van der Waals surface area contributed by atoms with Crippen LogP contribution in [0.2, 0.25) is 0 Å². The molecule has 4 aliphatic rings. The SMILES string of the molecule is O=C1NC(=NC2CC3CC2C3)N/C1=C\c1ccc2ncsc2c1. The van der Waals surface area contributed by atoms with Crippen LogP contribution in [0.5, 0.6) is 0 Å². The van der Waals surface area contributed by atoms with Crippen molar-refractivity contribution in [2.24, 2.45) is 16.8 Å². The average Bonchev–Trinajstić information content (AvgIpc) is 3.23. The Hall–Kier alpha value is -2.21. The number of amides is 1. The summed E-state index contributed by atoms with van der Waals surface area (Å²) in [7, 11) is 0. The van der Waals surface area contributed by atoms with Crippen LogP contribution in [-0.2, 0) is 4.79 Å². The first kappa shape index (κ1) is 13.2. The smallest absolute Gasteiger partial charge is 0.274 e. The van der Waals surface area contributed by atoms with Crippen LogP contribution < -0.4 is 10.6 Å². The molecule has 1 aromatic carbocycles. The molecule has 2 aromatic rings. The lowest BCUT2D eigenvalue weighted by molar-refractivity contribution is -0.115. The second-order valence-corrected chi connectivity index (χ2v) is 7.48. The molecule has 2 heterocycles. The normalized spacial score (nSPS) is 32.3. The average molecular weight is 324 g/mol. The number of carbonyl (C=O) groups excluding carboxylic acids is 1. The van der Waals surface area contributed by atoms with Gasteiger partial charge in [-0.15, -0.1) is 11.3 Å². The predicted molar refractivity (Wildman–Crippen MR) is 90.9 cm³/mol. The Kier molecular flexibility index (Phi) is 2.82. The van der Waals surface area contributed by atoms with E-state index in [1.165, 1.54) is 19.3 Å². The van der Waals surface area contributed by atoms with Gasteiger partial charge in [0.25, 0.3) is 5.91 Å². The number of aromatic nitrogens is 1. The van der Waals surface area contributed by atoms with Crippen molar-refractivity contribution >= 4 is 39.5 Å². The Morgan fingerprint density at radius 3 is 3.00 bits per heavy atom. The molecule has 116 valence electrons. The number of hydrogen-bond donors (Lipinski definition) is 2. The van der Waals surface area contributed by atoms with Gasteiger partial charge in [0.15, 0.2) is 0 Å². The fourth-order valence-corrected chi connectivity index (χ4v) is 4.56. The molecule has 0 spiro atoms. The molecule has 1 unspecified atom stereocenters. The van der Waals surface area contributed by atoms with Crippen LogP contribution >= 0.6 is 11.3 Å². The molecular formula is C17H16N4OS. The van der Waals surface area contributed by atoms with Gasteiger partial charge >= 0.3 is 0 Å². The largest absolute Gasteiger partial charge is 0.321 e. The number of guanidine groups is 1. The Balaban J connectivity index is 1.39. The Morgan fingerprint density at radius 2 is 2.17 bits per heavy atom. The number of rotatable bonds is 2. The zero-order valence-corrected chi connectivity index (χ0v) is 13.3. The number of fused-ring (bicyclic) bond motifs is 2. The summed E-state index contributed by atoms with van der Waals surface area (Å²) in [5.41, 5.74) is 4.37. The van der Waals surface area contributed by atoms with E-state index in [4.69, 9.17) is 4.99 Å². The van der Waals surface area contributed by atoms with Gasteiger partial charge in [-0.2, -0.15) is 0 Å². The molecule has 2 N–H and O–H groups in total. The molecule has 1 amide bonds. The summed E-state index contributed by atoms with van der Waals surface area (Å²) < 4.78 is 1.12. The maximum absolute atomic E-state index is 12.1. The van der Waals surface area contributed by atoms with E-state index in [2.05, 4.69) is 21.7 Å². The van der Waals surface area contributed by atoms with Crippen molar-refractivity contribution in [3.8, 4) is 0 Å². The number of hydrogen-bond acceptors (Lipinski definition) is 4. The quantitative estimate of drug-likeness (QED) is 0.834. The summed E-state index contributed by atoms with van der Waals surface area (Å²) in [6.07, 6.45) is 5.66. The van der Waals surface area contributed by atoms with Crippen LogP contribution in [0.15, 0.2) is 34.4 Å². The van der Waals surface area contributed by atoms with Gasteiger partial charge in [0.2, 0.25) is 5.96 Å². The topological polar surface area (TPSA) is 66.4 Å². The van der Waals surface area contributed by atoms with Gasteiger partial charge in [-0.3, -0.25) is 10.1 Å². The fourth-order valence-electron chi connectivity index (χ4n) is 3.84. The van der Waals surface area contributed by atoms with Gasteiger partial charge in [-0.1, -0.05) is 6.07 Å². The van der Waals surface area contributed by atoms with Crippen molar-refractivity contribution in [2.75, 3.05) is 0 Å². The van der Waals surface area contributed by atoms with E-state index in [1.807, 2.05) is 23.7 Å². The molecule has 1 aromatic heterocycles. The molecule has 1 aliphatic heterocycles. The fraction of sp³-hybridized carbons (Fsp3) is 0.353. The van der Waals surface area contributed by atoms with Crippen LogP contribution in [0, 0.1) is 11.8 Å². The highest BCUT2D eigenvalue weighted by Gasteiger charge is 2.44. The summed E-state index contributed by atoms with van der Waals surface area (Å²) >= 11 is 1.60. The third-order valence-electron chi connectivity index (χ3n) is 5.08. The Bertz CT molecular complexity index is 862. The van der Waals surface area contributed by atoms with Crippen molar-refractivity contribution in [1.82, 2.24) is 15.6 Å². The molecule has 5 nitrogen and oxygen atoms in total. The Morgan fingerprint density at radius 1 is 1.26 bits per heavy atom. The molecular weight excluding hydrogens is 308 g/mol. The van der Waals surface area contributed by atoms with Crippen LogP contribution in [-0.4, -0.2) is 22.9 Å². The third-order valence-corrected chi connectivity index (χ3v) is 5.87. The van der Waals surface area contributed by atoms with Crippen molar-refractivity contribution in [1.29, 1.82) is 0 Å². The van der Waals surface area contributed by atoms with E-state index >= 15 is 0 Å². The first-order valence-electron chi connectivity index (χ1n) is 7.96. The first-order chi connectivity index (χ1) is 11.2. The highest BCUT2D eigenvalue weighted by atomic mass is 32.1. The van der Waals surface area contributed by atoms with Gasteiger partial charge < -0.3 is 5.32 Å². The molecule has 6 heteroatoms. The van der Waals surface area contributed by atoms with E-state index in [0.717, 1.165) is 27.6 Å². The van der Waals surface area contributed by atoms with Gasteiger partial charge in [0.05, 0.1) is 21.8 Å². The van der Waals surface area contributed by atoms with E-state index in [9.17, 15) is 4.79 Å². The molecule has 1 saturated heterocycles. The van der Waals surface area contributed by atoms with Crippen LogP contribution in [0.1, 0.15) is 24.8 Å². The number of carbonyl (C=O) groups is 1. The molecule has 3 aliphatic carbocycles. The highest BCUT2D eigenvalue weighted by molar-refractivity contribution is 7.16. The van der Waals surface area contributed by atoms with Gasteiger partial charge in [-0.25, -0.2) is 9.98 Å². The summed E-state index contributed by atoms with van der Waals surface area (Å²) in [6, 6.07) is 6.39. The van der Waals surface area contributed by atoms with E-state index < -0.39 is 0 Å². The molecule has 2 bridgehead atoms. The first-order valence-corrected chi connectivity index (χ1v) is 8.84. The van der Waals surface area contributed by atoms with E-state index in [1.54, 1.807) is 11.3 Å². The predicted octanol–water partition coefficient (Wildman–Crippen LogP) is 2.51. The van der Waals surface area contributed by atoms with Crippen LogP contribution in [0.25, 0.3) is 16.3 Å². The second-order valence-electron chi connectivity index (χ2n) is 6.59. The minimum absolute atomic E-state index is 0.113. The minimum Gasteiger partial charge on any atom is -0.321 e. The van der Waals surface area contributed by atoms with Crippen LogP contribution in [0.3, 0.4) is 0 Å². The number of nitrogens with one attached hydrogen (secondary N) is 2. The molecule has 23 heavy (non-hydrogen) atoms. The molecule has 6 rings (SSSR count). The molecule has 1 atom stereocenters. The molecule has 3 saturated carbocycles. The summed E-state index contributed by atoms with van der Waals surface area (Å²) in [5, 5.41) is 5.98. The maximum atomic E-state index is 12.1. The van der Waals surface area contributed by atoms with Gasteiger partial charge in [-0.05, 0) is 54.9 Å². The number of aliphatic imine (C=N–C) groups is 1. The zero-order valence-electron chi connectivity index (χ0n) is 12.5. The van der Waals surface area contributed by atoms with Gasteiger partial charge in [0.1, 0.15) is 5.70 Å². The zero-order chi connectivity index (χ0) is 15.4. The van der Waals surface area contributed by atoms with Crippen LogP contribution in [0.4, 0.5) is 0 Å². The maximum Gasteiger partial charge on any atom is 0.274 e. The van der Waals surface area contributed by atoms with Gasteiger partial charge in [0, 0.05) is 0 Å². The third kappa shape index (κ3) is 2.25. The van der Waals surface area contributed by atoms with Crippen molar-refractivity contribution < 1.29 is 4.79 Å². The lowest BCUT2D eigenvalue weighted by atomic mass is 9.84. The van der Waals surface area contributed by atoms with Crippen molar-refractivity contribution in [3.63, 3.8) is 0 Å². The number of thiazole rings is 1. The minimum atomic E-state index is -0.113. The van der Waals surface area contributed by atoms with E-state index in [-0.39, 0.29) is 5.91 Å². The Labute approximate surface area is 137 Å². The number of nitrogens with zero attached hydrogens (tertiary/aromatic N) is 2. The van der Waals surface area contributed by atoms with Crippen molar-refractivity contribution in [2.45, 2.75) is 25.3 Å². The lowest BCUT2D eigenvalue weighted by Gasteiger charge is -2.22. The number of benzene rings is 1. The molecule has 0 radical (unpaired) electrons. The lowest BCUT2D eigenvalue weighted by Crippen LogP contribution is -2.28. The monoisotopic (exact) mass is 324 g/mol. The summed E-state index contributed by atoms with van der Waals surface area (Å²) in [5.74, 6) is 2.09. The van der Waals surface area contributed by atoms with E-state index in [0.29, 0.717) is 17.7 Å². The molecule has 4 fully saturated rings. The standard InChI is InChI=1S/C17H16N4OS/c22-16-14(5-9-1-2-12-15(7-9)23-8-18-12)20-17(21-16)19-13-6-10-3-11(13)4-10/h1-2,5,7-8,10-11,13H,3-4,6H2,(H2,19,20,21,22)/b14-5-. The summed E-state index contributed by atoms with van der Waals surface area (Å²) in [4.78, 5) is 21.1. The van der Waals surface area contributed by atoms with Crippen molar-refractivity contribution in [3.05, 3.63) is 35.0 Å².